The summed E-state index contributed by atoms with van der Waals surface area (Å²) in [5.74, 6) is -1.64. The van der Waals surface area contributed by atoms with Crippen LogP contribution in [-0.4, -0.2) is 105 Å². The van der Waals surface area contributed by atoms with Crippen LogP contribution in [0.25, 0.3) is 0 Å². The highest BCUT2D eigenvalue weighted by molar-refractivity contribution is 8.77. The van der Waals surface area contributed by atoms with Gasteiger partial charge in [-0.2, -0.15) is 0 Å². The van der Waals surface area contributed by atoms with Crippen molar-refractivity contribution in [1.29, 1.82) is 0 Å². The Labute approximate surface area is 182 Å². The molecular formula is C18H30O10S2. The Morgan fingerprint density at radius 1 is 0.700 bits per heavy atom. The van der Waals surface area contributed by atoms with Crippen molar-refractivity contribution in [2.45, 2.75) is 99.0 Å². The molecule has 0 saturated carbocycles. The van der Waals surface area contributed by atoms with Gasteiger partial charge in [0.2, 0.25) is 0 Å². The zero-order valence-electron chi connectivity index (χ0n) is 17.2. The van der Waals surface area contributed by atoms with Gasteiger partial charge in [0, 0.05) is 0 Å². The van der Waals surface area contributed by atoms with Crippen LogP contribution in [0, 0.1) is 0 Å². The lowest BCUT2D eigenvalue weighted by atomic mass is 10.1. The number of rotatable bonds is 7. The molecule has 4 N–H and O–H groups in total. The molecule has 12 heteroatoms. The predicted octanol–water partition coefficient (Wildman–Crippen LogP) is -0.436. The Morgan fingerprint density at radius 2 is 1.07 bits per heavy atom. The molecule has 10 atom stereocenters. The van der Waals surface area contributed by atoms with Gasteiger partial charge in [-0.1, -0.05) is 21.6 Å². The minimum atomic E-state index is -1.10. The van der Waals surface area contributed by atoms with Crippen molar-refractivity contribution in [2.75, 3.05) is 13.2 Å². The van der Waals surface area contributed by atoms with E-state index in [2.05, 4.69) is 0 Å². The molecular weight excluding hydrogens is 440 g/mol. The monoisotopic (exact) mass is 470 g/mol. The van der Waals surface area contributed by atoms with E-state index in [1.807, 2.05) is 0 Å². The van der Waals surface area contributed by atoms with E-state index in [4.69, 9.17) is 28.4 Å². The third-order valence-electron chi connectivity index (χ3n) is 5.46. The first-order chi connectivity index (χ1) is 14.0. The number of aliphatic hydroxyl groups excluding tert-OH is 4. The molecule has 0 aromatic rings. The molecule has 4 fully saturated rings. The third-order valence-corrected chi connectivity index (χ3v) is 8.76. The van der Waals surface area contributed by atoms with Crippen LogP contribution in [-0.2, 0) is 28.4 Å². The van der Waals surface area contributed by atoms with Gasteiger partial charge >= 0.3 is 0 Å². The quantitative estimate of drug-likeness (QED) is 0.359. The van der Waals surface area contributed by atoms with Crippen molar-refractivity contribution < 1.29 is 48.8 Å². The molecule has 0 aromatic carbocycles. The van der Waals surface area contributed by atoms with Crippen molar-refractivity contribution in [3.05, 3.63) is 0 Å². The molecule has 4 rings (SSSR count). The van der Waals surface area contributed by atoms with Crippen LogP contribution >= 0.6 is 21.6 Å². The van der Waals surface area contributed by atoms with Crippen LogP contribution in [0.1, 0.15) is 27.7 Å². The number of aliphatic hydroxyl groups is 4. The first-order valence-electron chi connectivity index (χ1n) is 9.97. The van der Waals surface area contributed by atoms with Crippen LogP contribution in [0.5, 0.6) is 0 Å². The molecule has 4 aliphatic heterocycles. The summed E-state index contributed by atoms with van der Waals surface area (Å²) < 4.78 is 35.2. The van der Waals surface area contributed by atoms with Crippen LogP contribution in [0.15, 0.2) is 0 Å². The van der Waals surface area contributed by atoms with Gasteiger partial charge in [-0.05, 0) is 27.7 Å². The maximum atomic E-state index is 10.3. The lowest BCUT2D eigenvalue weighted by Gasteiger charge is -2.30. The summed E-state index contributed by atoms with van der Waals surface area (Å²) in [5.41, 5.74) is 0. The lowest BCUT2D eigenvalue weighted by Crippen LogP contribution is -2.42. The zero-order chi connectivity index (χ0) is 21.8. The van der Waals surface area contributed by atoms with E-state index in [9.17, 15) is 20.4 Å². The van der Waals surface area contributed by atoms with E-state index in [1.54, 1.807) is 27.7 Å². The van der Waals surface area contributed by atoms with Gasteiger partial charge in [-0.3, -0.25) is 0 Å². The smallest absolute Gasteiger partial charge is 0.188 e. The van der Waals surface area contributed by atoms with E-state index >= 15 is 0 Å². The molecule has 10 nitrogen and oxygen atoms in total. The van der Waals surface area contributed by atoms with E-state index in [1.165, 1.54) is 21.6 Å². The summed E-state index contributed by atoms with van der Waals surface area (Å²) >= 11 is 0. The first kappa shape index (κ1) is 23.5. The summed E-state index contributed by atoms with van der Waals surface area (Å²) in [6.45, 7) is 6.24. The molecule has 174 valence electrons. The van der Waals surface area contributed by atoms with E-state index in [0.717, 1.165) is 0 Å². The molecule has 0 aromatic heterocycles. The molecule has 30 heavy (non-hydrogen) atoms. The van der Waals surface area contributed by atoms with Gasteiger partial charge < -0.3 is 48.8 Å². The van der Waals surface area contributed by atoms with E-state index < -0.39 is 74.0 Å². The maximum Gasteiger partial charge on any atom is 0.188 e. The fourth-order valence-corrected chi connectivity index (χ4v) is 7.82. The molecule has 4 saturated heterocycles. The van der Waals surface area contributed by atoms with Crippen LogP contribution in [0.3, 0.4) is 0 Å². The summed E-state index contributed by atoms with van der Waals surface area (Å²) in [7, 11) is 2.80. The molecule has 0 unspecified atom stereocenters. The molecule has 0 aliphatic carbocycles. The van der Waals surface area contributed by atoms with Gasteiger partial charge in [0.25, 0.3) is 0 Å². The van der Waals surface area contributed by atoms with Gasteiger partial charge in [-0.15, -0.1) is 0 Å². The Morgan fingerprint density at radius 3 is 1.40 bits per heavy atom. The van der Waals surface area contributed by atoms with Gasteiger partial charge in [0.05, 0.1) is 23.7 Å². The van der Waals surface area contributed by atoms with Crippen molar-refractivity contribution in [3.63, 3.8) is 0 Å². The molecule has 0 spiro atoms. The molecule has 4 heterocycles. The Bertz CT molecular complexity index is 570. The summed E-state index contributed by atoms with van der Waals surface area (Å²) in [6, 6.07) is 0. The van der Waals surface area contributed by atoms with Crippen molar-refractivity contribution in [2.24, 2.45) is 0 Å². The third kappa shape index (κ3) is 4.39. The van der Waals surface area contributed by atoms with Crippen molar-refractivity contribution in [3.8, 4) is 0 Å². The predicted molar refractivity (Wildman–Crippen MR) is 106 cm³/mol. The minimum Gasteiger partial charge on any atom is -0.394 e. The second kappa shape index (κ2) is 8.58. The fraction of sp³-hybridized carbons (Fsp3) is 1.00. The lowest BCUT2D eigenvalue weighted by molar-refractivity contribution is -0.215. The Balaban J connectivity index is 1.49. The standard InChI is InChI=1S/C18H30O10S2/c1-17(2)25-11-13(9(7(21)5-19)23-15(11)27-17)29-30-14-10(8(22)6-20)24-16-12(14)26-18(3,4)28-16/h7-16,19-22H,5-6H2,1-4H3/t7-,8-,9-,10-,11-,12-,13+,14+,15-,16-/m1/s1. The average molecular weight is 471 g/mol. The van der Waals surface area contributed by atoms with E-state index in [0.29, 0.717) is 0 Å². The highest BCUT2D eigenvalue weighted by Crippen LogP contribution is 2.52. The van der Waals surface area contributed by atoms with Crippen molar-refractivity contribution >= 4 is 21.6 Å². The van der Waals surface area contributed by atoms with Gasteiger partial charge in [0.1, 0.15) is 36.6 Å². The van der Waals surface area contributed by atoms with Gasteiger partial charge in [0.15, 0.2) is 24.2 Å². The van der Waals surface area contributed by atoms with Gasteiger partial charge in [-0.25, -0.2) is 0 Å². The second-order valence-electron chi connectivity index (χ2n) is 8.76. The van der Waals surface area contributed by atoms with Crippen LogP contribution in [0.4, 0.5) is 0 Å². The molecule has 0 bridgehead atoms. The zero-order valence-corrected chi connectivity index (χ0v) is 18.9. The molecule has 4 aliphatic rings. The molecule has 0 radical (unpaired) electrons. The normalized spacial score (nSPS) is 46.0. The number of fused-ring (bicyclic) bond motifs is 2. The van der Waals surface area contributed by atoms with E-state index in [-0.39, 0.29) is 10.5 Å². The first-order valence-corrected chi connectivity index (χ1v) is 12.2. The Hall–Kier alpha value is 0.300. The summed E-state index contributed by atoms with van der Waals surface area (Å²) in [5, 5.41) is 38.7. The molecule has 0 amide bonds. The topological polar surface area (TPSA) is 136 Å². The maximum absolute atomic E-state index is 10.3. The van der Waals surface area contributed by atoms with Crippen LogP contribution in [0.2, 0.25) is 0 Å². The Kier molecular flexibility index (Phi) is 6.71. The SMILES string of the molecule is CC1(C)O[C@H]2O[C@H]([C@H](O)CO)[C@H](SS[C@@H]3[C@H]4OC(C)(C)O[C@H]4O[C@@H]3[C@H](O)CO)[C@H]2O1. The van der Waals surface area contributed by atoms with Crippen LogP contribution < -0.4 is 0 Å². The summed E-state index contributed by atoms with van der Waals surface area (Å²) in [4.78, 5) is 0. The summed E-state index contributed by atoms with van der Waals surface area (Å²) in [6.07, 6.45) is -5.78. The number of ether oxygens (including phenoxy) is 6. The fourth-order valence-electron chi connectivity index (χ4n) is 4.18. The number of hydrogen-bond donors (Lipinski definition) is 4. The highest BCUT2D eigenvalue weighted by atomic mass is 33.1. The highest BCUT2D eigenvalue weighted by Gasteiger charge is 2.59. The largest absolute Gasteiger partial charge is 0.394 e. The second-order valence-corrected chi connectivity index (χ2v) is 11.4. The van der Waals surface area contributed by atoms with Crippen molar-refractivity contribution in [1.82, 2.24) is 0 Å². The minimum absolute atomic E-state index is 0.356. The number of hydrogen-bond acceptors (Lipinski definition) is 12. The average Bonchev–Trinajstić information content (AvgIpc) is 3.34.